The quantitative estimate of drug-likeness (QED) is 0.171. The lowest BCUT2D eigenvalue weighted by Crippen LogP contribution is -2.51. The van der Waals surface area contributed by atoms with E-state index < -0.39 is 42.8 Å². The van der Waals surface area contributed by atoms with Crippen LogP contribution in [-0.2, 0) is 9.59 Å². The van der Waals surface area contributed by atoms with E-state index in [4.69, 9.17) is 20.5 Å². The Morgan fingerprint density at radius 2 is 1.91 bits per heavy atom. The molecule has 0 saturated carbocycles. The molecule has 0 spiro atoms. The maximum Gasteiger partial charge on any atom is 0.328 e. The zero-order valence-electron chi connectivity index (χ0n) is 18.4. The van der Waals surface area contributed by atoms with Crippen molar-refractivity contribution in [1.82, 2.24) is 26.1 Å². The number of hydrogen-bond donors (Lipinski definition) is 7. The molecule has 1 unspecified atom stereocenters. The standard InChI is InChI=1S/C19H34N6O7/c1-3-4-5-6-9-21-14(28)8-7-13(17-24-16(25-32-17)12(20)10-26)22-19(31)23-15(11(2)27)18(29)30/h11-13,15,26-27H,3-10,20H2,1-2H3,(H,21,28)(H,29,30)(H2,22,23,31)/t11?,12-,13+,15-/m0/s1. The van der Waals surface area contributed by atoms with Gasteiger partial charge in [-0.05, 0) is 19.8 Å². The molecule has 13 nitrogen and oxygen atoms in total. The maximum atomic E-state index is 12.3. The Bertz CT molecular complexity index is 727. The molecule has 0 fully saturated rings. The number of carbonyl (C=O) groups excluding carboxylic acids is 2. The number of aromatic nitrogens is 2. The van der Waals surface area contributed by atoms with Crippen LogP contribution in [0.2, 0.25) is 0 Å². The number of carboxylic acid groups (broad SMARTS) is 1. The summed E-state index contributed by atoms with van der Waals surface area (Å²) in [6.45, 7) is 3.44. The summed E-state index contributed by atoms with van der Waals surface area (Å²) in [5.74, 6) is -1.68. The van der Waals surface area contributed by atoms with Crippen LogP contribution in [-0.4, -0.2) is 68.7 Å². The summed E-state index contributed by atoms with van der Waals surface area (Å²) in [7, 11) is 0. The summed E-state index contributed by atoms with van der Waals surface area (Å²) in [6.07, 6.45) is 2.84. The number of unbranched alkanes of at least 4 members (excludes halogenated alkanes) is 3. The van der Waals surface area contributed by atoms with Gasteiger partial charge in [-0.2, -0.15) is 4.98 Å². The van der Waals surface area contributed by atoms with Gasteiger partial charge in [-0.15, -0.1) is 0 Å². The largest absolute Gasteiger partial charge is 0.480 e. The summed E-state index contributed by atoms with van der Waals surface area (Å²) >= 11 is 0. The van der Waals surface area contributed by atoms with Gasteiger partial charge in [-0.25, -0.2) is 9.59 Å². The van der Waals surface area contributed by atoms with E-state index in [2.05, 4.69) is 33.0 Å². The van der Waals surface area contributed by atoms with Crippen LogP contribution >= 0.6 is 0 Å². The minimum atomic E-state index is -1.54. The number of carbonyl (C=O) groups is 3. The molecule has 0 aliphatic rings. The van der Waals surface area contributed by atoms with Crippen molar-refractivity contribution in [2.24, 2.45) is 5.73 Å². The fourth-order valence-electron chi connectivity index (χ4n) is 2.75. The predicted octanol–water partition coefficient (Wildman–Crippen LogP) is -0.287. The molecule has 1 aromatic rings. The Morgan fingerprint density at radius 1 is 1.19 bits per heavy atom. The number of aliphatic hydroxyl groups is 2. The highest BCUT2D eigenvalue weighted by molar-refractivity contribution is 5.83. The maximum absolute atomic E-state index is 12.3. The Kier molecular flexibility index (Phi) is 12.2. The Balaban J connectivity index is 2.78. The van der Waals surface area contributed by atoms with Gasteiger partial charge in [0.25, 0.3) is 0 Å². The van der Waals surface area contributed by atoms with Gasteiger partial charge in [-0.1, -0.05) is 31.3 Å². The summed E-state index contributed by atoms with van der Waals surface area (Å²) < 4.78 is 5.12. The highest BCUT2D eigenvalue weighted by atomic mass is 16.5. The third-order valence-corrected chi connectivity index (χ3v) is 4.64. The minimum absolute atomic E-state index is 0.0162. The second-order valence-electron chi connectivity index (χ2n) is 7.46. The van der Waals surface area contributed by atoms with Gasteiger partial charge in [0.15, 0.2) is 11.9 Å². The van der Waals surface area contributed by atoms with E-state index in [1.807, 2.05) is 0 Å². The normalized spacial score (nSPS) is 14.8. The second kappa shape index (κ2) is 14.3. The molecule has 1 aromatic heterocycles. The number of aliphatic hydroxyl groups excluding tert-OH is 2. The van der Waals surface area contributed by atoms with Crippen molar-refractivity contribution in [2.45, 2.75) is 76.6 Å². The number of rotatable bonds is 15. The predicted molar refractivity (Wildman–Crippen MR) is 112 cm³/mol. The number of nitrogens with two attached hydrogens (primary N) is 1. The van der Waals surface area contributed by atoms with Gasteiger partial charge in [0, 0.05) is 13.0 Å². The molecule has 32 heavy (non-hydrogen) atoms. The van der Waals surface area contributed by atoms with Gasteiger partial charge in [0.05, 0.1) is 18.8 Å². The lowest BCUT2D eigenvalue weighted by Gasteiger charge is -2.20. The zero-order chi connectivity index (χ0) is 24.1. The fourth-order valence-corrected chi connectivity index (χ4v) is 2.75. The molecule has 8 N–H and O–H groups in total. The topological polar surface area (TPSA) is 213 Å². The van der Waals surface area contributed by atoms with Crippen molar-refractivity contribution in [2.75, 3.05) is 13.2 Å². The van der Waals surface area contributed by atoms with Crippen molar-refractivity contribution in [3.63, 3.8) is 0 Å². The molecule has 0 radical (unpaired) electrons. The summed E-state index contributed by atoms with van der Waals surface area (Å²) in [5.41, 5.74) is 5.66. The molecule has 0 aliphatic heterocycles. The molecule has 13 heteroatoms. The molecule has 0 aliphatic carbocycles. The first kappa shape index (κ1) is 27.3. The van der Waals surface area contributed by atoms with Gasteiger partial charge in [0.2, 0.25) is 11.8 Å². The number of hydrogen-bond acceptors (Lipinski definition) is 9. The summed E-state index contributed by atoms with van der Waals surface area (Å²) in [6, 6.07) is -4.27. The molecule has 0 bridgehead atoms. The lowest BCUT2D eigenvalue weighted by molar-refractivity contribution is -0.141. The van der Waals surface area contributed by atoms with E-state index in [-0.39, 0.29) is 30.5 Å². The molecule has 3 amide bonds. The number of nitrogens with one attached hydrogen (secondary N) is 3. The minimum Gasteiger partial charge on any atom is -0.480 e. The van der Waals surface area contributed by atoms with Crippen molar-refractivity contribution in [3.8, 4) is 0 Å². The summed E-state index contributed by atoms with van der Waals surface area (Å²) in [5, 5.41) is 38.9. The van der Waals surface area contributed by atoms with Crippen LogP contribution in [0.3, 0.4) is 0 Å². The Hall–Kier alpha value is -2.77. The van der Waals surface area contributed by atoms with Crippen LogP contribution in [0.4, 0.5) is 4.79 Å². The highest BCUT2D eigenvalue weighted by Crippen LogP contribution is 2.18. The number of carboxylic acids is 1. The van der Waals surface area contributed by atoms with Crippen molar-refractivity contribution in [3.05, 3.63) is 11.7 Å². The SMILES string of the molecule is CCCCCCNC(=O)CC[C@@H](NC(=O)N[C@H](C(=O)O)C(C)O)c1nc([C@@H](N)CO)no1. The van der Waals surface area contributed by atoms with Gasteiger partial charge in [-0.3, -0.25) is 4.79 Å². The van der Waals surface area contributed by atoms with Gasteiger partial charge >= 0.3 is 12.0 Å². The molecule has 0 saturated heterocycles. The van der Waals surface area contributed by atoms with E-state index in [9.17, 15) is 19.5 Å². The summed E-state index contributed by atoms with van der Waals surface area (Å²) in [4.78, 5) is 39.7. The Morgan fingerprint density at radius 3 is 2.50 bits per heavy atom. The zero-order valence-corrected chi connectivity index (χ0v) is 18.4. The third kappa shape index (κ3) is 9.58. The van der Waals surface area contributed by atoms with Crippen LogP contribution in [0.1, 0.15) is 76.2 Å². The third-order valence-electron chi connectivity index (χ3n) is 4.64. The smallest absolute Gasteiger partial charge is 0.328 e. The first-order chi connectivity index (χ1) is 15.2. The molecule has 0 aromatic carbocycles. The first-order valence-corrected chi connectivity index (χ1v) is 10.6. The highest BCUT2D eigenvalue weighted by Gasteiger charge is 2.28. The lowest BCUT2D eigenvalue weighted by atomic mass is 10.1. The van der Waals surface area contributed by atoms with Gasteiger partial charge < -0.3 is 41.5 Å². The monoisotopic (exact) mass is 458 g/mol. The number of urea groups is 1. The van der Waals surface area contributed by atoms with Gasteiger partial charge in [0.1, 0.15) is 6.04 Å². The van der Waals surface area contributed by atoms with Crippen LogP contribution < -0.4 is 21.7 Å². The molecule has 182 valence electrons. The molecule has 4 atom stereocenters. The first-order valence-electron chi connectivity index (χ1n) is 10.6. The van der Waals surface area contributed by atoms with E-state index in [0.717, 1.165) is 25.7 Å². The van der Waals surface area contributed by atoms with Crippen LogP contribution in [0.25, 0.3) is 0 Å². The van der Waals surface area contributed by atoms with E-state index in [1.165, 1.54) is 6.92 Å². The van der Waals surface area contributed by atoms with E-state index in [0.29, 0.717) is 6.54 Å². The average molecular weight is 459 g/mol. The number of nitrogens with zero attached hydrogens (tertiary/aromatic N) is 2. The number of aliphatic carboxylic acids is 1. The van der Waals surface area contributed by atoms with Crippen molar-refractivity contribution < 1.29 is 34.2 Å². The molecular formula is C19H34N6O7. The second-order valence-corrected chi connectivity index (χ2v) is 7.46. The number of amides is 3. The fraction of sp³-hybridized carbons (Fsp3) is 0.737. The molecule has 1 rings (SSSR count). The molecular weight excluding hydrogens is 424 g/mol. The van der Waals surface area contributed by atoms with E-state index >= 15 is 0 Å². The molecule has 1 heterocycles. The van der Waals surface area contributed by atoms with Crippen LogP contribution in [0, 0.1) is 0 Å². The van der Waals surface area contributed by atoms with Crippen molar-refractivity contribution >= 4 is 17.9 Å². The van der Waals surface area contributed by atoms with Crippen LogP contribution in [0.5, 0.6) is 0 Å². The van der Waals surface area contributed by atoms with Crippen molar-refractivity contribution in [1.29, 1.82) is 0 Å². The Labute approximate surface area is 186 Å². The van der Waals surface area contributed by atoms with E-state index in [1.54, 1.807) is 0 Å². The average Bonchev–Trinajstić information content (AvgIpc) is 3.23. The van der Waals surface area contributed by atoms with Crippen LogP contribution in [0.15, 0.2) is 4.52 Å².